The second kappa shape index (κ2) is 4.03. The molecule has 2 fully saturated rings. The first-order valence-electron chi connectivity index (χ1n) is 5.72. The molecule has 0 radical (unpaired) electrons. The Kier molecular flexibility index (Phi) is 2.93. The molecular formula is C12H20O2. The van der Waals surface area contributed by atoms with Gasteiger partial charge in [-0.3, -0.25) is 0 Å². The van der Waals surface area contributed by atoms with Gasteiger partial charge in [0.25, 0.3) is 0 Å². The lowest BCUT2D eigenvalue weighted by Gasteiger charge is -2.36. The summed E-state index contributed by atoms with van der Waals surface area (Å²) in [5.74, 6) is 0.409. The summed E-state index contributed by atoms with van der Waals surface area (Å²) in [7, 11) is 0. The maximum atomic E-state index is 5.73. The summed E-state index contributed by atoms with van der Waals surface area (Å²) in [5.41, 5.74) is 1.59. The first kappa shape index (κ1) is 10.2. The monoisotopic (exact) mass is 196 g/mol. The van der Waals surface area contributed by atoms with Gasteiger partial charge < -0.3 is 9.47 Å². The van der Waals surface area contributed by atoms with Crippen molar-refractivity contribution in [3.63, 3.8) is 0 Å². The first-order chi connectivity index (χ1) is 6.76. The molecule has 2 heteroatoms. The SMILES string of the molecule is CCC=C1CCC2(CC1C)OCCO2. The highest BCUT2D eigenvalue weighted by atomic mass is 16.7. The smallest absolute Gasteiger partial charge is 0.169 e. The molecule has 1 atom stereocenters. The third-order valence-corrected chi connectivity index (χ3v) is 3.32. The molecule has 1 aliphatic carbocycles. The number of rotatable bonds is 1. The number of hydrogen-bond acceptors (Lipinski definition) is 2. The molecule has 2 nitrogen and oxygen atoms in total. The lowest BCUT2D eigenvalue weighted by Crippen LogP contribution is -2.36. The molecule has 1 saturated heterocycles. The second-order valence-electron chi connectivity index (χ2n) is 4.40. The van der Waals surface area contributed by atoms with Gasteiger partial charge in [-0.25, -0.2) is 0 Å². The van der Waals surface area contributed by atoms with E-state index in [1.807, 2.05) is 0 Å². The number of ether oxygens (including phenoxy) is 2. The molecule has 0 N–H and O–H groups in total. The fraction of sp³-hybridized carbons (Fsp3) is 0.833. The van der Waals surface area contributed by atoms with Crippen LogP contribution in [0.15, 0.2) is 11.6 Å². The molecule has 1 unspecified atom stereocenters. The minimum absolute atomic E-state index is 0.218. The van der Waals surface area contributed by atoms with Crippen LogP contribution in [0.4, 0.5) is 0 Å². The summed E-state index contributed by atoms with van der Waals surface area (Å²) < 4.78 is 11.5. The van der Waals surface area contributed by atoms with E-state index in [9.17, 15) is 0 Å². The summed E-state index contributed by atoms with van der Waals surface area (Å²) in [4.78, 5) is 0. The van der Waals surface area contributed by atoms with Gasteiger partial charge in [-0.2, -0.15) is 0 Å². The highest BCUT2D eigenvalue weighted by Gasteiger charge is 2.41. The number of allylic oxidation sites excluding steroid dienone is 2. The Bertz CT molecular complexity index is 226. The van der Waals surface area contributed by atoms with E-state index in [0.29, 0.717) is 5.92 Å². The topological polar surface area (TPSA) is 18.5 Å². The van der Waals surface area contributed by atoms with E-state index in [1.165, 1.54) is 0 Å². The molecule has 1 aliphatic heterocycles. The van der Waals surface area contributed by atoms with E-state index >= 15 is 0 Å². The van der Waals surface area contributed by atoms with Crippen molar-refractivity contribution < 1.29 is 9.47 Å². The molecule has 0 amide bonds. The van der Waals surface area contributed by atoms with Gasteiger partial charge in [-0.1, -0.05) is 25.5 Å². The van der Waals surface area contributed by atoms with Gasteiger partial charge in [0.05, 0.1) is 13.2 Å². The van der Waals surface area contributed by atoms with Gasteiger partial charge in [-0.05, 0) is 18.8 Å². The van der Waals surface area contributed by atoms with Crippen molar-refractivity contribution >= 4 is 0 Å². The minimum atomic E-state index is -0.218. The highest BCUT2D eigenvalue weighted by Crippen LogP contribution is 2.41. The van der Waals surface area contributed by atoms with Gasteiger partial charge in [0.2, 0.25) is 0 Å². The van der Waals surface area contributed by atoms with Crippen molar-refractivity contribution in [3.8, 4) is 0 Å². The van der Waals surface area contributed by atoms with Crippen molar-refractivity contribution in [2.24, 2.45) is 5.92 Å². The largest absolute Gasteiger partial charge is 0.348 e. The van der Waals surface area contributed by atoms with Crippen LogP contribution in [-0.4, -0.2) is 19.0 Å². The van der Waals surface area contributed by atoms with E-state index in [-0.39, 0.29) is 5.79 Å². The molecule has 2 rings (SSSR count). The van der Waals surface area contributed by atoms with Crippen LogP contribution in [0.1, 0.15) is 39.5 Å². The van der Waals surface area contributed by atoms with Gasteiger partial charge >= 0.3 is 0 Å². The Morgan fingerprint density at radius 1 is 1.43 bits per heavy atom. The van der Waals surface area contributed by atoms with Crippen LogP contribution in [0.5, 0.6) is 0 Å². The zero-order valence-corrected chi connectivity index (χ0v) is 9.21. The summed E-state index contributed by atoms with van der Waals surface area (Å²) in [6, 6.07) is 0. The third kappa shape index (κ3) is 1.86. The Hall–Kier alpha value is -0.340. The zero-order valence-electron chi connectivity index (χ0n) is 9.21. The molecular weight excluding hydrogens is 176 g/mol. The molecule has 0 aromatic heterocycles. The quantitative estimate of drug-likeness (QED) is 0.600. The average molecular weight is 196 g/mol. The highest BCUT2D eigenvalue weighted by molar-refractivity contribution is 5.11. The van der Waals surface area contributed by atoms with Crippen molar-refractivity contribution in [3.05, 3.63) is 11.6 Å². The Labute approximate surface area is 86.3 Å². The molecule has 14 heavy (non-hydrogen) atoms. The van der Waals surface area contributed by atoms with Crippen LogP contribution < -0.4 is 0 Å². The average Bonchev–Trinajstić information content (AvgIpc) is 2.59. The Morgan fingerprint density at radius 2 is 2.14 bits per heavy atom. The van der Waals surface area contributed by atoms with Crippen molar-refractivity contribution in [1.82, 2.24) is 0 Å². The van der Waals surface area contributed by atoms with E-state index in [0.717, 1.165) is 38.9 Å². The maximum absolute atomic E-state index is 5.73. The molecule has 2 aliphatic rings. The fourth-order valence-electron chi connectivity index (χ4n) is 2.61. The predicted octanol–water partition coefficient (Wildman–Crippen LogP) is 2.89. The standard InChI is InChI=1S/C12H20O2/c1-3-4-11-5-6-12(9-10(11)2)13-7-8-14-12/h4,10H,3,5-9H2,1-2H3. The fourth-order valence-corrected chi connectivity index (χ4v) is 2.61. The summed E-state index contributed by atoms with van der Waals surface area (Å²) in [6.07, 6.45) is 6.75. The van der Waals surface area contributed by atoms with Gasteiger partial charge in [0, 0.05) is 12.8 Å². The van der Waals surface area contributed by atoms with E-state index in [2.05, 4.69) is 19.9 Å². The molecule has 80 valence electrons. The van der Waals surface area contributed by atoms with Gasteiger partial charge in [0.15, 0.2) is 5.79 Å². The maximum Gasteiger partial charge on any atom is 0.169 e. The summed E-state index contributed by atoms with van der Waals surface area (Å²) >= 11 is 0. The summed E-state index contributed by atoms with van der Waals surface area (Å²) in [6.45, 7) is 6.04. The van der Waals surface area contributed by atoms with E-state index < -0.39 is 0 Å². The third-order valence-electron chi connectivity index (χ3n) is 3.32. The molecule has 1 saturated carbocycles. The van der Waals surface area contributed by atoms with Crippen molar-refractivity contribution in [2.75, 3.05) is 13.2 Å². The predicted molar refractivity (Wildman–Crippen MR) is 56.0 cm³/mol. The number of hydrogen-bond donors (Lipinski definition) is 0. The molecule has 0 aromatic rings. The Balaban J connectivity index is 2.02. The van der Waals surface area contributed by atoms with Crippen molar-refractivity contribution in [2.45, 2.75) is 45.3 Å². The molecule has 0 bridgehead atoms. The van der Waals surface area contributed by atoms with Crippen LogP contribution in [0.2, 0.25) is 0 Å². The lowest BCUT2D eigenvalue weighted by atomic mass is 9.81. The van der Waals surface area contributed by atoms with E-state index in [1.54, 1.807) is 5.57 Å². The second-order valence-corrected chi connectivity index (χ2v) is 4.40. The van der Waals surface area contributed by atoms with Crippen LogP contribution >= 0.6 is 0 Å². The van der Waals surface area contributed by atoms with Crippen molar-refractivity contribution in [1.29, 1.82) is 0 Å². The van der Waals surface area contributed by atoms with E-state index in [4.69, 9.17) is 9.47 Å². The van der Waals surface area contributed by atoms with Crippen LogP contribution in [0.3, 0.4) is 0 Å². The lowest BCUT2D eigenvalue weighted by molar-refractivity contribution is -0.178. The van der Waals surface area contributed by atoms with Crippen LogP contribution in [0.25, 0.3) is 0 Å². The normalized spacial score (nSPS) is 34.1. The summed E-state index contributed by atoms with van der Waals surface area (Å²) in [5, 5.41) is 0. The molecule has 0 aromatic carbocycles. The zero-order chi connectivity index (χ0) is 10.0. The minimum Gasteiger partial charge on any atom is -0.348 e. The first-order valence-corrected chi connectivity index (χ1v) is 5.72. The van der Waals surface area contributed by atoms with Crippen LogP contribution in [0, 0.1) is 5.92 Å². The van der Waals surface area contributed by atoms with Crippen LogP contribution in [-0.2, 0) is 9.47 Å². The molecule has 1 spiro atoms. The van der Waals surface area contributed by atoms with Gasteiger partial charge in [-0.15, -0.1) is 0 Å². The Morgan fingerprint density at radius 3 is 2.71 bits per heavy atom. The molecule has 1 heterocycles. The van der Waals surface area contributed by atoms with Gasteiger partial charge in [0.1, 0.15) is 0 Å².